The molecule has 186 valence electrons. The van der Waals surface area contributed by atoms with Gasteiger partial charge in [-0.3, -0.25) is 4.79 Å². The molecule has 7 nitrogen and oxygen atoms in total. The third kappa shape index (κ3) is 4.79. The Kier molecular flexibility index (Phi) is 6.40. The van der Waals surface area contributed by atoms with Crippen LogP contribution < -0.4 is 10.6 Å². The molecule has 4 heterocycles. The third-order valence-electron chi connectivity index (χ3n) is 5.75. The number of carbonyl (C=O) groups excluding carboxylic acids is 1. The highest BCUT2D eigenvalue weighted by Gasteiger charge is 2.19. The van der Waals surface area contributed by atoms with Crippen LogP contribution in [0.4, 0.5) is 21.7 Å². The second kappa shape index (κ2) is 10.2. The summed E-state index contributed by atoms with van der Waals surface area (Å²) in [5, 5.41) is 12.7. The monoisotopic (exact) mass is 584 g/mol. The summed E-state index contributed by atoms with van der Waals surface area (Å²) in [5.74, 6) is -0.213. The second-order valence-electron chi connectivity index (χ2n) is 8.29. The van der Waals surface area contributed by atoms with Crippen LogP contribution in [-0.2, 0) is 0 Å². The minimum atomic E-state index is -0.352. The first kappa shape index (κ1) is 24.0. The third-order valence-corrected chi connectivity index (χ3v) is 7.59. The molecule has 6 aromatic rings. The number of fused-ring (bicyclic) bond motifs is 1. The van der Waals surface area contributed by atoms with E-state index in [1.165, 1.54) is 23.5 Å². The van der Waals surface area contributed by atoms with Crippen molar-refractivity contribution in [1.29, 1.82) is 0 Å². The van der Waals surface area contributed by atoms with Crippen molar-refractivity contribution in [1.82, 2.24) is 19.6 Å². The topological polar surface area (TPSA) is 84.2 Å². The van der Waals surface area contributed by atoms with Crippen molar-refractivity contribution < 1.29 is 9.18 Å². The Hall–Kier alpha value is -4.41. The van der Waals surface area contributed by atoms with Crippen molar-refractivity contribution in [2.24, 2.45) is 0 Å². The fourth-order valence-corrected chi connectivity index (χ4v) is 5.54. The van der Waals surface area contributed by atoms with Gasteiger partial charge in [-0.1, -0.05) is 24.3 Å². The molecular weight excluding hydrogens is 567 g/mol. The lowest BCUT2D eigenvalue weighted by Crippen LogP contribution is -2.10. The molecule has 0 spiro atoms. The quantitative estimate of drug-likeness (QED) is 0.213. The smallest absolute Gasteiger partial charge is 0.266 e. The van der Waals surface area contributed by atoms with Gasteiger partial charge in [-0.2, -0.15) is 5.10 Å². The van der Waals surface area contributed by atoms with Crippen molar-refractivity contribution in [3.05, 3.63) is 112 Å². The van der Waals surface area contributed by atoms with Crippen LogP contribution >= 0.6 is 27.3 Å². The van der Waals surface area contributed by atoms with E-state index in [1.54, 1.807) is 22.8 Å². The number of halogens is 2. The zero-order valence-electron chi connectivity index (χ0n) is 19.6. The van der Waals surface area contributed by atoms with Gasteiger partial charge in [0.05, 0.1) is 16.8 Å². The molecule has 4 aromatic heterocycles. The standard InChI is InChI=1S/C28H18BrFN6OS/c29-21-11-14-38-26(21)27(37)32-19-7-3-5-17(15-19)25-24(23-9-1-2-13-36(23)35-25)22-10-12-31-28(34-22)33-20-8-4-6-18(30)16-20/h1-16H,(H,32,37)(H,31,33,34). The van der Waals surface area contributed by atoms with Gasteiger partial charge in [0.1, 0.15) is 16.4 Å². The molecule has 0 unspecified atom stereocenters. The Morgan fingerprint density at radius 2 is 1.84 bits per heavy atom. The van der Waals surface area contributed by atoms with Crippen LogP contribution in [0.15, 0.2) is 101 Å². The molecule has 0 aliphatic carbocycles. The highest BCUT2D eigenvalue weighted by Crippen LogP contribution is 2.35. The number of hydrogen-bond acceptors (Lipinski definition) is 6. The largest absolute Gasteiger partial charge is 0.324 e. The molecule has 0 atom stereocenters. The highest BCUT2D eigenvalue weighted by atomic mass is 79.9. The van der Waals surface area contributed by atoms with Gasteiger partial charge < -0.3 is 10.6 Å². The summed E-state index contributed by atoms with van der Waals surface area (Å²) in [6.07, 6.45) is 3.52. The number of nitrogens with zero attached hydrogens (tertiary/aromatic N) is 4. The minimum absolute atomic E-state index is 0.192. The Bertz CT molecular complexity index is 1800. The van der Waals surface area contributed by atoms with Crippen LogP contribution in [0, 0.1) is 5.82 Å². The van der Waals surface area contributed by atoms with E-state index in [0.29, 0.717) is 33.6 Å². The zero-order valence-corrected chi connectivity index (χ0v) is 22.0. The van der Waals surface area contributed by atoms with E-state index in [-0.39, 0.29) is 11.7 Å². The lowest BCUT2D eigenvalue weighted by atomic mass is 10.0. The fraction of sp³-hybridized carbons (Fsp3) is 0. The van der Waals surface area contributed by atoms with Crippen LogP contribution in [0.2, 0.25) is 0 Å². The van der Waals surface area contributed by atoms with Crippen molar-refractivity contribution in [2.45, 2.75) is 0 Å². The van der Waals surface area contributed by atoms with E-state index >= 15 is 0 Å². The molecule has 0 aliphatic heterocycles. The molecule has 1 amide bonds. The summed E-state index contributed by atoms with van der Waals surface area (Å²) in [7, 11) is 0. The number of anilines is 3. The Labute approximate surface area is 229 Å². The van der Waals surface area contributed by atoms with Gasteiger partial charge in [-0.05, 0) is 75.9 Å². The molecule has 0 aliphatic rings. The van der Waals surface area contributed by atoms with Crippen LogP contribution in [0.1, 0.15) is 9.67 Å². The molecule has 0 radical (unpaired) electrons. The van der Waals surface area contributed by atoms with E-state index in [1.807, 2.05) is 66.2 Å². The van der Waals surface area contributed by atoms with Crippen LogP contribution in [0.25, 0.3) is 28.0 Å². The molecule has 2 aromatic carbocycles. The highest BCUT2D eigenvalue weighted by molar-refractivity contribution is 9.10. The Balaban J connectivity index is 1.40. The SMILES string of the molecule is O=C(Nc1cccc(-c2nn3ccccc3c2-c2ccnc(Nc3cccc(F)c3)n2)c1)c1sccc1Br. The normalized spacial score (nSPS) is 11.0. The molecule has 0 fully saturated rings. The molecule has 0 saturated carbocycles. The average Bonchev–Trinajstić information content (AvgIpc) is 3.53. The zero-order chi connectivity index (χ0) is 26.1. The molecule has 6 rings (SSSR count). The predicted octanol–water partition coefficient (Wildman–Crippen LogP) is 7.42. The number of aromatic nitrogens is 4. The molecule has 10 heteroatoms. The lowest BCUT2D eigenvalue weighted by Gasteiger charge is -2.09. The number of amides is 1. The maximum absolute atomic E-state index is 13.7. The van der Waals surface area contributed by atoms with Gasteiger partial charge in [0, 0.05) is 33.8 Å². The predicted molar refractivity (Wildman–Crippen MR) is 151 cm³/mol. The molecule has 0 saturated heterocycles. The van der Waals surface area contributed by atoms with E-state index in [9.17, 15) is 9.18 Å². The summed E-state index contributed by atoms with van der Waals surface area (Å²) in [5.41, 5.74) is 5.00. The van der Waals surface area contributed by atoms with Crippen LogP contribution in [-0.4, -0.2) is 25.5 Å². The van der Waals surface area contributed by atoms with Crippen molar-refractivity contribution in [2.75, 3.05) is 10.6 Å². The first-order valence-corrected chi connectivity index (χ1v) is 13.2. The first-order valence-electron chi connectivity index (χ1n) is 11.5. The van der Waals surface area contributed by atoms with E-state index in [0.717, 1.165) is 21.1 Å². The Morgan fingerprint density at radius 1 is 0.974 bits per heavy atom. The molecule has 0 bridgehead atoms. The average molecular weight is 585 g/mol. The van der Waals surface area contributed by atoms with Crippen molar-refractivity contribution in [3.63, 3.8) is 0 Å². The van der Waals surface area contributed by atoms with E-state index < -0.39 is 0 Å². The number of benzene rings is 2. The van der Waals surface area contributed by atoms with Gasteiger partial charge in [0.15, 0.2) is 0 Å². The summed E-state index contributed by atoms with van der Waals surface area (Å²) in [6.45, 7) is 0. The van der Waals surface area contributed by atoms with Gasteiger partial charge in [-0.25, -0.2) is 18.9 Å². The molecular formula is C28H18BrFN6OS. The second-order valence-corrected chi connectivity index (χ2v) is 10.1. The number of carbonyl (C=O) groups is 1. The molecule has 38 heavy (non-hydrogen) atoms. The summed E-state index contributed by atoms with van der Waals surface area (Å²) in [6, 6.07) is 23.1. The van der Waals surface area contributed by atoms with Crippen LogP contribution in [0.3, 0.4) is 0 Å². The maximum atomic E-state index is 13.7. The van der Waals surface area contributed by atoms with Crippen LogP contribution in [0.5, 0.6) is 0 Å². The number of pyridine rings is 1. The van der Waals surface area contributed by atoms with Gasteiger partial charge >= 0.3 is 0 Å². The number of hydrogen-bond donors (Lipinski definition) is 2. The van der Waals surface area contributed by atoms with Gasteiger partial charge in [0.25, 0.3) is 5.91 Å². The number of thiophene rings is 1. The summed E-state index contributed by atoms with van der Waals surface area (Å²) < 4.78 is 16.2. The lowest BCUT2D eigenvalue weighted by molar-refractivity contribution is 0.103. The number of rotatable bonds is 6. The van der Waals surface area contributed by atoms with Gasteiger partial charge in [-0.15, -0.1) is 11.3 Å². The maximum Gasteiger partial charge on any atom is 0.266 e. The minimum Gasteiger partial charge on any atom is -0.324 e. The summed E-state index contributed by atoms with van der Waals surface area (Å²) in [4.78, 5) is 22.4. The van der Waals surface area contributed by atoms with Crippen molar-refractivity contribution >= 4 is 56.0 Å². The van der Waals surface area contributed by atoms with Crippen molar-refractivity contribution in [3.8, 4) is 22.5 Å². The van der Waals surface area contributed by atoms with E-state index in [2.05, 4.69) is 31.5 Å². The fourth-order valence-electron chi connectivity index (χ4n) is 4.09. The number of nitrogens with one attached hydrogen (secondary N) is 2. The molecule has 2 N–H and O–H groups in total. The summed E-state index contributed by atoms with van der Waals surface area (Å²) >= 11 is 4.78. The first-order chi connectivity index (χ1) is 18.5. The van der Waals surface area contributed by atoms with E-state index in [4.69, 9.17) is 10.1 Å². The van der Waals surface area contributed by atoms with Gasteiger partial charge in [0.2, 0.25) is 5.95 Å². The Morgan fingerprint density at radius 3 is 2.68 bits per heavy atom.